The third-order valence-corrected chi connectivity index (χ3v) is 2.92. The minimum absolute atomic E-state index is 0.0786. The molecule has 1 atom stereocenters. The van der Waals surface area contributed by atoms with Crippen LogP contribution in [0.25, 0.3) is 0 Å². The molecular formula is C16H29FN2. The van der Waals surface area contributed by atoms with Crippen molar-refractivity contribution in [3.8, 4) is 0 Å². The predicted molar refractivity (Wildman–Crippen MR) is 83.5 cm³/mol. The van der Waals surface area contributed by atoms with Crippen LogP contribution in [0.4, 0.5) is 4.39 Å². The predicted octanol–water partition coefficient (Wildman–Crippen LogP) is 4.15. The highest BCUT2D eigenvalue weighted by Crippen LogP contribution is 2.17. The molecule has 0 aromatic heterocycles. The fourth-order valence-corrected chi connectivity index (χ4v) is 1.78. The highest BCUT2D eigenvalue weighted by molar-refractivity contribution is 5.99. The van der Waals surface area contributed by atoms with Crippen molar-refractivity contribution in [3.63, 3.8) is 0 Å². The number of nitrogens with zero attached hydrogens (tertiary/aromatic N) is 1. The Morgan fingerprint density at radius 1 is 1.37 bits per heavy atom. The van der Waals surface area contributed by atoms with E-state index in [2.05, 4.69) is 51.0 Å². The largest absolute Gasteiger partial charge is 0.313 e. The molecule has 0 rings (SSSR count). The lowest BCUT2D eigenvalue weighted by molar-refractivity contribution is 0.530. The molecule has 110 valence electrons. The Morgan fingerprint density at radius 3 is 2.47 bits per heavy atom. The average molecular weight is 268 g/mol. The first-order valence-corrected chi connectivity index (χ1v) is 6.91. The minimum atomic E-state index is 0.0786. The molecule has 0 saturated carbocycles. The van der Waals surface area contributed by atoms with Crippen LogP contribution in [-0.4, -0.2) is 25.8 Å². The molecule has 2 nitrogen and oxygen atoms in total. The summed E-state index contributed by atoms with van der Waals surface area (Å²) in [6.45, 7) is 12.5. The van der Waals surface area contributed by atoms with Gasteiger partial charge in [0.1, 0.15) is 0 Å². The van der Waals surface area contributed by atoms with Gasteiger partial charge < -0.3 is 5.32 Å². The normalized spacial score (nSPS) is 16.2. The number of rotatable bonds is 7. The summed E-state index contributed by atoms with van der Waals surface area (Å²) in [5, 5.41) is 3.40. The van der Waals surface area contributed by atoms with Crippen LogP contribution in [0.3, 0.4) is 0 Å². The summed E-state index contributed by atoms with van der Waals surface area (Å²) in [6.07, 6.45) is 5.11. The lowest BCUT2D eigenvalue weighted by Crippen LogP contribution is -2.24. The van der Waals surface area contributed by atoms with Crippen LogP contribution in [0, 0.1) is 11.3 Å². The number of hydrogen-bond acceptors (Lipinski definition) is 2. The molecule has 0 bridgehead atoms. The van der Waals surface area contributed by atoms with Gasteiger partial charge in [0, 0.05) is 24.7 Å². The summed E-state index contributed by atoms with van der Waals surface area (Å²) < 4.78 is 11.9. The molecule has 1 unspecified atom stereocenters. The number of nitrogens with one attached hydrogen (secondary N) is 1. The van der Waals surface area contributed by atoms with Gasteiger partial charge in [0.2, 0.25) is 0 Å². The summed E-state index contributed by atoms with van der Waals surface area (Å²) in [5.74, 6) is 0.446. The van der Waals surface area contributed by atoms with Gasteiger partial charge in [0.25, 0.3) is 0 Å². The van der Waals surface area contributed by atoms with Gasteiger partial charge in [-0.3, -0.25) is 4.99 Å². The van der Waals surface area contributed by atoms with E-state index in [-0.39, 0.29) is 5.41 Å². The van der Waals surface area contributed by atoms with Gasteiger partial charge in [-0.1, -0.05) is 39.3 Å². The van der Waals surface area contributed by atoms with Crippen molar-refractivity contribution in [1.29, 1.82) is 0 Å². The second-order valence-electron chi connectivity index (χ2n) is 6.18. The van der Waals surface area contributed by atoms with Crippen LogP contribution < -0.4 is 5.32 Å². The fourth-order valence-electron chi connectivity index (χ4n) is 1.78. The molecular weight excluding hydrogens is 239 g/mol. The van der Waals surface area contributed by atoms with Crippen LogP contribution in [0.2, 0.25) is 0 Å². The van der Waals surface area contributed by atoms with Crippen LogP contribution >= 0.6 is 0 Å². The molecule has 0 spiro atoms. The second kappa shape index (κ2) is 9.03. The fraction of sp³-hybridized carbons (Fsp3) is 0.688. The lowest BCUT2D eigenvalue weighted by atomic mass is 9.88. The Labute approximate surface area is 117 Å². The Kier molecular flexibility index (Phi) is 8.57. The van der Waals surface area contributed by atoms with Crippen molar-refractivity contribution < 1.29 is 4.39 Å². The Balaban J connectivity index is 4.21. The zero-order chi connectivity index (χ0) is 14.9. The van der Waals surface area contributed by atoms with Crippen LogP contribution in [0.5, 0.6) is 0 Å². The number of allylic oxidation sites excluding steroid dienone is 2. The van der Waals surface area contributed by atoms with E-state index < -0.39 is 0 Å². The van der Waals surface area contributed by atoms with E-state index in [1.165, 1.54) is 5.57 Å². The van der Waals surface area contributed by atoms with Crippen molar-refractivity contribution in [3.05, 3.63) is 24.1 Å². The van der Waals surface area contributed by atoms with Crippen LogP contribution in [0.1, 0.15) is 41.0 Å². The van der Waals surface area contributed by atoms with Gasteiger partial charge in [-0.15, -0.1) is 0 Å². The molecule has 19 heavy (non-hydrogen) atoms. The molecule has 3 heteroatoms. The van der Waals surface area contributed by atoms with E-state index in [0.717, 1.165) is 25.2 Å². The Hall–Kier alpha value is -0.960. The van der Waals surface area contributed by atoms with Crippen LogP contribution in [0.15, 0.2) is 29.0 Å². The summed E-state index contributed by atoms with van der Waals surface area (Å²) in [7, 11) is 1.84. The molecule has 1 N–H and O–H groups in total. The van der Waals surface area contributed by atoms with Gasteiger partial charge in [0.15, 0.2) is 0 Å². The monoisotopic (exact) mass is 268 g/mol. The summed E-state index contributed by atoms with van der Waals surface area (Å²) in [6, 6.07) is 0. The van der Waals surface area contributed by atoms with E-state index in [1.807, 2.05) is 7.05 Å². The Bertz CT molecular complexity index is 335. The van der Waals surface area contributed by atoms with E-state index in [4.69, 9.17) is 0 Å². The molecule has 0 saturated heterocycles. The first-order valence-electron chi connectivity index (χ1n) is 6.91. The van der Waals surface area contributed by atoms with E-state index in [9.17, 15) is 4.39 Å². The highest BCUT2D eigenvalue weighted by Gasteiger charge is 2.15. The maximum absolute atomic E-state index is 11.9. The average Bonchev–Trinajstić information content (AvgIpc) is 2.31. The molecule has 0 aliphatic heterocycles. The molecule has 0 aromatic carbocycles. The van der Waals surface area contributed by atoms with Gasteiger partial charge in [-0.05, 0) is 31.9 Å². The zero-order valence-corrected chi connectivity index (χ0v) is 13.3. The topological polar surface area (TPSA) is 24.4 Å². The van der Waals surface area contributed by atoms with E-state index in [0.29, 0.717) is 12.2 Å². The second-order valence-corrected chi connectivity index (χ2v) is 6.18. The first kappa shape index (κ1) is 18.0. The van der Waals surface area contributed by atoms with Gasteiger partial charge in [0.05, 0.1) is 6.33 Å². The minimum Gasteiger partial charge on any atom is -0.313 e. The van der Waals surface area contributed by atoms with Crippen molar-refractivity contribution in [2.24, 2.45) is 16.3 Å². The summed E-state index contributed by atoms with van der Waals surface area (Å²) in [4.78, 5) is 4.34. The summed E-state index contributed by atoms with van der Waals surface area (Å²) >= 11 is 0. The third-order valence-electron chi connectivity index (χ3n) is 2.92. The van der Waals surface area contributed by atoms with E-state index >= 15 is 0 Å². The lowest BCUT2D eigenvalue weighted by Gasteiger charge is -2.19. The van der Waals surface area contributed by atoms with Gasteiger partial charge >= 0.3 is 0 Å². The molecule has 0 radical (unpaired) electrons. The molecule has 0 aromatic rings. The quantitative estimate of drug-likeness (QED) is 0.689. The first-order chi connectivity index (χ1) is 8.81. The van der Waals surface area contributed by atoms with Crippen molar-refractivity contribution in [2.45, 2.75) is 41.0 Å². The molecule has 0 amide bonds. The van der Waals surface area contributed by atoms with Gasteiger partial charge in [-0.25, -0.2) is 4.39 Å². The third kappa shape index (κ3) is 8.71. The van der Waals surface area contributed by atoms with Crippen molar-refractivity contribution in [2.75, 3.05) is 20.1 Å². The van der Waals surface area contributed by atoms with E-state index in [1.54, 1.807) is 6.08 Å². The van der Waals surface area contributed by atoms with Crippen LogP contribution in [-0.2, 0) is 0 Å². The SMILES string of the molecule is CN=C(/C=C(\C)CNCC(C)C/C=C/F)C(C)(C)C. The number of aliphatic imine (C=N–C) groups is 1. The zero-order valence-electron chi connectivity index (χ0n) is 13.3. The molecule has 0 fully saturated rings. The number of halogens is 1. The molecule has 0 aliphatic rings. The maximum Gasteiger partial charge on any atom is 0.0827 e. The summed E-state index contributed by atoms with van der Waals surface area (Å²) in [5.41, 5.74) is 2.46. The standard InChI is InChI=1S/C16H29FN2/c1-13(8-7-9-17)11-19-12-14(2)10-15(18-6)16(3,4)5/h7,9-10,13,19H,8,11-12H2,1-6H3/b9-7+,14-10+,18-15?. The molecule has 0 aliphatic carbocycles. The molecule has 0 heterocycles. The Morgan fingerprint density at radius 2 is 2.00 bits per heavy atom. The van der Waals surface area contributed by atoms with Crippen molar-refractivity contribution in [1.82, 2.24) is 5.32 Å². The maximum atomic E-state index is 11.9. The smallest absolute Gasteiger partial charge is 0.0827 e. The van der Waals surface area contributed by atoms with Gasteiger partial charge in [-0.2, -0.15) is 0 Å². The number of hydrogen-bond donors (Lipinski definition) is 1. The highest BCUT2D eigenvalue weighted by atomic mass is 19.1. The van der Waals surface area contributed by atoms with Crippen molar-refractivity contribution >= 4 is 5.71 Å².